The minimum absolute atomic E-state index is 0.0140. The van der Waals surface area contributed by atoms with E-state index in [1.807, 2.05) is 12.1 Å². The summed E-state index contributed by atoms with van der Waals surface area (Å²) < 4.78 is 43.9. The number of nitrogens with one attached hydrogen (secondary N) is 1. The van der Waals surface area contributed by atoms with E-state index in [1.165, 1.54) is 17.4 Å². The molecule has 0 radical (unpaired) electrons. The van der Waals surface area contributed by atoms with Crippen LogP contribution in [0.4, 0.5) is 13.2 Å². The van der Waals surface area contributed by atoms with Gasteiger partial charge in [-0.3, -0.25) is 4.79 Å². The van der Waals surface area contributed by atoms with E-state index in [2.05, 4.69) is 10.3 Å². The van der Waals surface area contributed by atoms with Crippen molar-refractivity contribution in [1.82, 2.24) is 10.3 Å². The van der Waals surface area contributed by atoms with E-state index in [4.69, 9.17) is 10.00 Å². The molecule has 3 aromatic rings. The van der Waals surface area contributed by atoms with Crippen molar-refractivity contribution in [3.63, 3.8) is 0 Å². The maximum atomic E-state index is 12.9. The van der Waals surface area contributed by atoms with Crippen molar-refractivity contribution in [3.8, 4) is 22.4 Å². The van der Waals surface area contributed by atoms with Gasteiger partial charge in [0, 0.05) is 17.5 Å². The SMILES string of the molecule is N#CCOc1cccc(CNC(=O)Cc2csc(-c3cccc(C(F)(F)F)c3)n2)c1. The number of amides is 1. The Morgan fingerprint density at radius 2 is 2.00 bits per heavy atom. The summed E-state index contributed by atoms with van der Waals surface area (Å²) in [6.45, 7) is 0.209. The molecule has 3 rings (SSSR count). The van der Waals surface area contributed by atoms with Crippen molar-refractivity contribution in [2.45, 2.75) is 19.1 Å². The highest BCUT2D eigenvalue weighted by Gasteiger charge is 2.30. The predicted octanol–water partition coefficient (Wildman–Crippen LogP) is 4.59. The van der Waals surface area contributed by atoms with Gasteiger partial charge < -0.3 is 10.1 Å². The molecule has 0 aliphatic rings. The van der Waals surface area contributed by atoms with E-state index in [0.29, 0.717) is 22.0 Å². The molecule has 30 heavy (non-hydrogen) atoms. The quantitative estimate of drug-likeness (QED) is 0.594. The molecular formula is C21H16F3N3O2S. The Hall–Kier alpha value is -3.38. The second kappa shape index (κ2) is 9.41. The van der Waals surface area contributed by atoms with Crippen LogP contribution in [-0.2, 0) is 23.9 Å². The van der Waals surface area contributed by atoms with Crippen molar-refractivity contribution in [1.29, 1.82) is 5.26 Å². The summed E-state index contributed by atoms with van der Waals surface area (Å²) in [5.41, 5.74) is 0.906. The summed E-state index contributed by atoms with van der Waals surface area (Å²) in [7, 11) is 0. The summed E-state index contributed by atoms with van der Waals surface area (Å²) in [5.74, 6) is 0.271. The first-order valence-corrected chi connectivity index (χ1v) is 9.70. The molecule has 5 nitrogen and oxygen atoms in total. The van der Waals surface area contributed by atoms with Crippen molar-refractivity contribution >= 4 is 17.2 Å². The molecule has 2 aromatic carbocycles. The zero-order valence-electron chi connectivity index (χ0n) is 15.6. The lowest BCUT2D eigenvalue weighted by Crippen LogP contribution is -2.24. The molecule has 0 saturated carbocycles. The Labute approximate surface area is 174 Å². The number of nitriles is 1. The number of aromatic nitrogens is 1. The fourth-order valence-electron chi connectivity index (χ4n) is 2.64. The molecular weight excluding hydrogens is 415 g/mol. The number of halogens is 3. The topological polar surface area (TPSA) is 75.0 Å². The lowest BCUT2D eigenvalue weighted by atomic mass is 10.1. The molecule has 0 fully saturated rings. The van der Waals surface area contributed by atoms with Gasteiger partial charge >= 0.3 is 6.18 Å². The Bertz CT molecular complexity index is 1070. The molecule has 1 aromatic heterocycles. The number of carbonyl (C=O) groups excluding carboxylic acids is 1. The molecule has 0 bridgehead atoms. The van der Waals surface area contributed by atoms with Crippen LogP contribution in [0.2, 0.25) is 0 Å². The highest BCUT2D eigenvalue weighted by molar-refractivity contribution is 7.13. The van der Waals surface area contributed by atoms with Crippen LogP contribution in [0.5, 0.6) is 5.75 Å². The first-order valence-electron chi connectivity index (χ1n) is 8.82. The Balaban J connectivity index is 1.59. The number of ether oxygens (including phenoxy) is 1. The standard InChI is InChI=1S/C21H16F3N3O2S/c22-21(23,24)16-5-2-4-15(10-16)20-27-17(13-30-20)11-19(28)26-12-14-3-1-6-18(9-14)29-8-7-25/h1-6,9-10,13H,8,11-12H2,(H,26,28). The molecule has 0 unspecified atom stereocenters. The Morgan fingerprint density at radius 3 is 2.77 bits per heavy atom. The molecule has 1 amide bonds. The van der Waals surface area contributed by atoms with E-state index in [1.54, 1.807) is 29.6 Å². The number of alkyl halides is 3. The molecule has 0 saturated heterocycles. The van der Waals surface area contributed by atoms with Gasteiger partial charge in [0.25, 0.3) is 0 Å². The first kappa shape index (κ1) is 21.3. The fraction of sp³-hybridized carbons (Fsp3) is 0.190. The minimum atomic E-state index is -4.42. The number of hydrogen-bond acceptors (Lipinski definition) is 5. The van der Waals surface area contributed by atoms with Crippen LogP contribution < -0.4 is 10.1 Å². The second-order valence-electron chi connectivity index (χ2n) is 6.27. The summed E-state index contributed by atoms with van der Waals surface area (Å²) in [6, 6.07) is 13.8. The highest BCUT2D eigenvalue weighted by Crippen LogP contribution is 2.33. The summed E-state index contributed by atoms with van der Waals surface area (Å²) >= 11 is 1.19. The van der Waals surface area contributed by atoms with Crippen molar-refractivity contribution in [2.75, 3.05) is 6.61 Å². The molecule has 0 aliphatic heterocycles. The number of hydrogen-bond donors (Lipinski definition) is 1. The number of thiazole rings is 1. The van der Waals surface area contributed by atoms with Gasteiger partial charge in [0.2, 0.25) is 5.91 Å². The fourth-order valence-corrected chi connectivity index (χ4v) is 3.45. The summed E-state index contributed by atoms with van der Waals surface area (Å²) in [6.07, 6.45) is -4.41. The van der Waals surface area contributed by atoms with Crippen LogP contribution >= 0.6 is 11.3 Å². The van der Waals surface area contributed by atoms with Crippen LogP contribution in [0.15, 0.2) is 53.9 Å². The van der Waals surface area contributed by atoms with E-state index < -0.39 is 11.7 Å². The zero-order valence-corrected chi connectivity index (χ0v) is 16.4. The molecule has 1 heterocycles. The largest absolute Gasteiger partial charge is 0.479 e. The van der Waals surface area contributed by atoms with Gasteiger partial charge in [0.1, 0.15) is 16.8 Å². The Kier molecular flexibility index (Phi) is 6.69. The summed E-state index contributed by atoms with van der Waals surface area (Å²) in [5, 5.41) is 13.4. The van der Waals surface area contributed by atoms with Crippen LogP contribution in [0, 0.1) is 11.3 Å². The highest BCUT2D eigenvalue weighted by atomic mass is 32.1. The van der Waals surface area contributed by atoms with Crippen LogP contribution in [0.25, 0.3) is 10.6 Å². The lowest BCUT2D eigenvalue weighted by molar-refractivity contribution is -0.137. The van der Waals surface area contributed by atoms with Gasteiger partial charge in [-0.2, -0.15) is 18.4 Å². The lowest BCUT2D eigenvalue weighted by Gasteiger charge is -2.07. The van der Waals surface area contributed by atoms with E-state index in [0.717, 1.165) is 17.7 Å². The minimum Gasteiger partial charge on any atom is -0.479 e. The second-order valence-corrected chi connectivity index (χ2v) is 7.13. The maximum absolute atomic E-state index is 12.9. The molecule has 0 spiro atoms. The predicted molar refractivity (Wildman–Crippen MR) is 106 cm³/mol. The smallest absolute Gasteiger partial charge is 0.416 e. The molecule has 0 atom stereocenters. The monoisotopic (exact) mass is 431 g/mol. The van der Waals surface area contributed by atoms with Gasteiger partial charge in [0.05, 0.1) is 17.7 Å². The zero-order chi connectivity index (χ0) is 21.6. The Morgan fingerprint density at radius 1 is 1.20 bits per heavy atom. The van der Waals surface area contributed by atoms with Gasteiger partial charge in [-0.25, -0.2) is 4.98 Å². The average Bonchev–Trinajstić information content (AvgIpc) is 3.19. The third-order valence-electron chi connectivity index (χ3n) is 4.02. The average molecular weight is 431 g/mol. The summed E-state index contributed by atoms with van der Waals surface area (Å²) in [4.78, 5) is 16.5. The normalized spacial score (nSPS) is 11.0. The van der Waals surface area contributed by atoms with Crippen LogP contribution in [-0.4, -0.2) is 17.5 Å². The third-order valence-corrected chi connectivity index (χ3v) is 4.96. The molecule has 1 N–H and O–H groups in total. The number of rotatable bonds is 7. The van der Waals surface area contributed by atoms with Crippen LogP contribution in [0.3, 0.4) is 0 Å². The van der Waals surface area contributed by atoms with Crippen molar-refractivity contribution < 1.29 is 22.7 Å². The van der Waals surface area contributed by atoms with Gasteiger partial charge in [-0.1, -0.05) is 24.3 Å². The molecule has 154 valence electrons. The van der Waals surface area contributed by atoms with Crippen molar-refractivity contribution in [2.24, 2.45) is 0 Å². The number of nitrogens with zero attached hydrogens (tertiary/aromatic N) is 2. The molecule has 0 aliphatic carbocycles. The van der Waals surface area contributed by atoms with E-state index in [9.17, 15) is 18.0 Å². The van der Waals surface area contributed by atoms with Crippen LogP contribution in [0.1, 0.15) is 16.8 Å². The number of carbonyl (C=O) groups is 1. The third kappa shape index (κ3) is 5.81. The van der Waals surface area contributed by atoms with E-state index in [-0.39, 0.29) is 25.5 Å². The van der Waals surface area contributed by atoms with E-state index >= 15 is 0 Å². The van der Waals surface area contributed by atoms with Gasteiger partial charge in [-0.15, -0.1) is 11.3 Å². The van der Waals surface area contributed by atoms with Gasteiger partial charge in [-0.05, 0) is 29.8 Å². The van der Waals surface area contributed by atoms with Gasteiger partial charge in [0.15, 0.2) is 6.61 Å². The van der Waals surface area contributed by atoms with Crippen molar-refractivity contribution in [3.05, 3.63) is 70.7 Å². The first-order chi connectivity index (χ1) is 14.3. The molecule has 9 heteroatoms. The maximum Gasteiger partial charge on any atom is 0.416 e. The number of benzene rings is 2.